The van der Waals surface area contributed by atoms with Crippen LogP contribution in [0.2, 0.25) is 5.02 Å². The van der Waals surface area contributed by atoms with Gasteiger partial charge in [-0.2, -0.15) is 4.72 Å². The molecule has 4 rings (SSSR count). The molecule has 4 nitrogen and oxygen atoms in total. The van der Waals surface area contributed by atoms with Crippen molar-refractivity contribution >= 4 is 44.8 Å². The molecule has 0 fully saturated rings. The van der Waals surface area contributed by atoms with E-state index in [4.69, 9.17) is 34.8 Å². The molecule has 3 aromatic carbocycles. The van der Waals surface area contributed by atoms with Crippen LogP contribution in [-0.4, -0.2) is 13.0 Å². The predicted octanol–water partition coefficient (Wildman–Crippen LogP) is 6.54. The molecule has 0 aliphatic rings. The molecule has 33 heavy (non-hydrogen) atoms. The van der Waals surface area contributed by atoms with E-state index in [-0.39, 0.29) is 4.90 Å². The molecule has 1 aromatic heterocycles. The Bertz CT molecular complexity index is 1310. The van der Waals surface area contributed by atoms with Crippen molar-refractivity contribution < 1.29 is 8.42 Å². The summed E-state index contributed by atoms with van der Waals surface area (Å²) in [6, 6.07) is 27.5. The van der Waals surface area contributed by atoms with E-state index in [0.717, 1.165) is 5.56 Å². The zero-order valence-corrected chi connectivity index (χ0v) is 20.5. The van der Waals surface area contributed by atoms with Crippen LogP contribution in [0.5, 0.6) is 0 Å². The Kier molecular flexibility index (Phi) is 7.17. The smallest absolute Gasteiger partial charge is 0.241 e. The summed E-state index contributed by atoms with van der Waals surface area (Å²) in [5.74, 6) is 0. The maximum absolute atomic E-state index is 13.3. The summed E-state index contributed by atoms with van der Waals surface area (Å²) in [5.41, 5.74) is 2.26. The Hall–Kier alpha value is -2.28. The number of hydrogen-bond donors (Lipinski definition) is 1. The number of benzene rings is 3. The lowest BCUT2D eigenvalue weighted by atomic mass is 10.0. The number of sulfonamides is 1. The number of nitrogens with zero attached hydrogens (tertiary/aromatic N) is 1. The molecule has 0 amide bonds. The van der Waals surface area contributed by atoms with Crippen molar-refractivity contribution in [3.63, 3.8) is 0 Å². The van der Waals surface area contributed by atoms with Crippen molar-refractivity contribution in [3.05, 3.63) is 125 Å². The first-order valence-electron chi connectivity index (χ1n) is 10.2. The number of hydrogen-bond acceptors (Lipinski definition) is 2. The van der Waals surface area contributed by atoms with E-state index in [9.17, 15) is 8.42 Å². The lowest BCUT2D eigenvalue weighted by Gasteiger charge is -2.32. The van der Waals surface area contributed by atoms with Crippen molar-refractivity contribution in [2.45, 2.75) is 21.8 Å². The molecular formula is C25H21Cl3N2O2S. The summed E-state index contributed by atoms with van der Waals surface area (Å²) >= 11 is 19.8. The van der Waals surface area contributed by atoms with Crippen LogP contribution in [0.25, 0.3) is 0 Å². The van der Waals surface area contributed by atoms with Crippen LogP contribution >= 0.6 is 34.8 Å². The third kappa shape index (κ3) is 5.45. The normalized spacial score (nSPS) is 13.1. The zero-order chi connectivity index (χ0) is 23.5. The summed E-state index contributed by atoms with van der Waals surface area (Å²) in [7, 11) is -3.97. The number of alkyl halides is 2. The van der Waals surface area contributed by atoms with Gasteiger partial charge >= 0.3 is 0 Å². The highest BCUT2D eigenvalue weighted by Crippen LogP contribution is 2.46. The molecule has 8 heteroatoms. The molecule has 1 atom stereocenters. The zero-order valence-electron chi connectivity index (χ0n) is 17.4. The van der Waals surface area contributed by atoms with Gasteiger partial charge in [-0.3, -0.25) is 0 Å². The molecule has 0 saturated carbocycles. The van der Waals surface area contributed by atoms with E-state index < -0.39 is 20.4 Å². The lowest BCUT2D eigenvalue weighted by molar-refractivity contribution is 0.510. The molecule has 1 heterocycles. The van der Waals surface area contributed by atoms with E-state index in [1.54, 1.807) is 12.1 Å². The van der Waals surface area contributed by atoms with Gasteiger partial charge in [-0.25, -0.2) is 8.42 Å². The average molecular weight is 520 g/mol. The van der Waals surface area contributed by atoms with Gasteiger partial charge in [0.1, 0.15) is 0 Å². The highest BCUT2D eigenvalue weighted by Gasteiger charge is 2.42. The molecule has 1 N–H and O–H groups in total. The van der Waals surface area contributed by atoms with Crippen molar-refractivity contribution in [1.82, 2.24) is 9.29 Å². The van der Waals surface area contributed by atoms with E-state index in [1.807, 2.05) is 71.4 Å². The van der Waals surface area contributed by atoms with Gasteiger partial charge < -0.3 is 4.57 Å². The van der Waals surface area contributed by atoms with Crippen LogP contribution in [0.15, 0.2) is 108 Å². The maximum atomic E-state index is 13.3. The van der Waals surface area contributed by atoms with Gasteiger partial charge in [-0.15, -0.1) is 0 Å². The fourth-order valence-corrected chi connectivity index (χ4v) is 5.68. The molecular weight excluding hydrogens is 499 g/mol. The van der Waals surface area contributed by atoms with Crippen LogP contribution in [0, 0.1) is 0 Å². The molecule has 170 valence electrons. The van der Waals surface area contributed by atoms with Gasteiger partial charge in [-0.05, 0) is 47.5 Å². The number of halogens is 3. The Morgan fingerprint density at radius 1 is 0.818 bits per heavy atom. The van der Waals surface area contributed by atoms with Crippen molar-refractivity contribution in [2.75, 3.05) is 0 Å². The third-order valence-corrected chi connectivity index (χ3v) is 7.84. The summed E-state index contributed by atoms with van der Waals surface area (Å²) in [4.78, 5) is 0.0651. The molecule has 1 unspecified atom stereocenters. The predicted molar refractivity (Wildman–Crippen MR) is 134 cm³/mol. The highest BCUT2D eigenvalue weighted by atomic mass is 35.5. The lowest BCUT2D eigenvalue weighted by Crippen LogP contribution is -2.39. The van der Waals surface area contributed by atoms with Crippen LogP contribution in [0.4, 0.5) is 0 Å². The van der Waals surface area contributed by atoms with Gasteiger partial charge in [0.15, 0.2) is 4.33 Å². The van der Waals surface area contributed by atoms with Gasteiger partial charge in [0.05, 0.1) is 10.9 Å². The summed E-state index contributed by atoms with van der Waals surface area (Å²) < 4.78 is 29.7. The second kappa shape index (κ2) is 9.92. The molecule has 0 radical (unpaired) electrons. The minimum atomic E-state index is -3.97. The molecule has 0 aliphatic carbocycles. The van der Waals surface area contributed by atoms with Crippen LogP contribution < -0.4 is 4.72 Å². The first kappa shape index (κ1) is 23.9. The van der Waals surface area contributed by atoms with Crippen molar-refractivity contribution in [2.24, 2.45) is 0 Å². The van der Waals surface area contributed by atoms with Crippen LogP contribution in [-0.2, 0) is 20.9 Å². The second-order valence-electron chi connectivity index (χ2n) is 7.54. The fourth-order valence-electron chi connectivity index (χ4n) is 3.60. The second-order valence-corrected chi connectivity index (χ2v) is 11.1. The summed E-state index contributed by atoms with van der Waals surface area (Å²) in [6.45, 7) is 0.529. The third-order valence-electron chi connectivity index (χ3n) is 5.27. The van der Waals surface area contributed by atoms with E-state index in [2.05, 4.69) is 4.72 Å². The van der Waals surface area contributed by atoms with Gasteiger partial charge in [0.2, 0.25) is 10.0 Å². The minimum absolute atomic E-state index is 0.0651. The highest BCUT2D eigenvalue weighted by molar-refractivity contribution is 7.89. The van der Waals surface area contributed by atoms with E-state index in [1.165, 1.54) is 24.3 Å². The SMILES string of the molecule is O=S(=O)(NC(c1cccn1Cc1ccccc1)C(Cl)(Cl)c1ccccc1)c1ccc(Cl)cc1. The van der Waals surface area contributed by atoms with E-state index >= 15 is 0 Å². The first-order chi connectivity index (χ1) is 15.8. The molecule has 0 bridgehead atoms. The van der Waals surface area contributed by atoms with E-state index in [0.29, 0.717) is 22.8 Å². The Morgan fingerprint density at radius 3 is 2.06 bits per heavy atom. The maximum Gasteiger partial charge on any atom is 0.241 e. The van der Waals surface area contributed by atoms with Crippen molar-refractivity contribution in [3.8, 4) is 0 Å². The quantitative estimate of drug-likeness (QED) is 0.269. The number of rotatable bonds is 8. The van der Waals surface area contributed by atoms with Crippen molar-refractivity contribution in [1.29, 1.82) is 0 Å². The summed E-state index contributed by atoms with van der Waals surface area (Å²) in [6.07, 6.45) is 1.88. The number of nitrogens with one attached hydrogen (secondary N) is 1. The topological polar surface area (TPSA) is 51.1 Å². The average Bonchev–Trinajstić information content (AvgIpc) is 3.26. The standard InChI is InChI=1S/C25H21Cl3N2O2S/c26-21-13-15-22(16-14-21)33(31,32)29-24(25(27,28)20-10-5-2-6-11-20)23-12-7-17-30(23)18-19-8-3-1-4-9-19/h1-17,24,29H,18H2. The Labute approximate surface area is 208 Å². The monoisotopic (exact) mass is 518 g/mol. The first-order valence-corrected chi connectivity index (χ1v) is 12.8. The van der Waals surface area contributed by atoms with Gasteiger partial charge in [-0.1, -0.05) is 95.5 Å². The number of aromatic nitrogens is 1. The molecule has 0 saturated heterocycles. The Morgan fingerprint density at radius 2 is 1.42 bits per heavy atom. The van der Waals surface area contributed by atoms with Gasteiger partial charge in [0, 0.05) is 23.5 Å². The molecule has 0 spiro atoms. The van der Waals surface area contributed by atoms with Crippen LogP contribution in [0.1, 0.15) is 22.9 Å². The Balaban J connectivity index is 1.78. The fraction of sp³-hybridized carbons (Fsp3) is 0.120. The van der Waals surface area contributed by atoms with Gasteiger partial charge in [0.25, 0.3) is 0 Å². The molecule has 4 aromatic rings. The van der Waals surface area contributed by atoms with Crippen LogP contribution in [0.3, 0.4) is 0 Å². The molecule has 0 aliphatic heterocycles. The summed E-state index contributed by atoms with van der Waals surface area (Å²) in [5, 5.41) is 0.440. The minimum Gasteiger partial charge on any atom is -0.345 e. The largest absolute Gasteiger partial charge is 0.345 e.